The Hall–Kier alpha value is -4.03. The van der Waals surface area contributed by atoms with Gasteiger partial charge in [-0.2, -0.15) is 5.26 Å². The van der Waals surface area contributed by atoms with Crippen LogP contribution in [-0.4, -0.2) is 9.97 Å². The Morgan fingerprint density at radius 2 is 1.28 bits per heavy atom. The fourth-order valence-corrected chi connectivity index (χ4v) is 4.57. The van der Waals surface area contributed by atoms with E-state index in [0.29, 0.717) is 5.56 Å². The summed E-state index contributed by atoms with van der Waals surface area (Å²) < 4.78 is 0. The first-order chi connectivity index (χ1) is 14.2. The zero-order valence-corrected chi connectivity index (χ0v) is 15.7. The Balaban J connectivity index is 1.74. The van der Waals surface area contributed by atoms with Crippen molar-refractivity contribution in [3.63, 3.8) is 0 Å². The molecule has 0 N–H and O–H groups in total. The second kappa shape index (κ2) is 5.50. The third-order valence-corrected chi connectivity index (χ3v) is 5.87. The Bertz CT molecular complexity index is 1410. The maximum atomic E-state index is 9.83. The Labute approximate surface area is 168 Å². The Kier molecular flexibility index (Phi) is 3.03. The predicted octanol–water partition coefficient (Wildman–Crippen LogP) is 6.25. The van der Waals surface area contributed by atoms with Crippen molar-refractivity contribution < 1.29 is 0 Å². The monoisotopic (exact) mass is 369 g/mol. The van der Waals surface area contributed by atoms with Gasteiger partial charge in [-0.15, -0.1) is 0 Å². The van der Waals surface area contributed by atoms with Crippen molar-refractivity contribution in [3.8, 4) is 39.7 Å². The van der Waals surface area contributed by atoms with E-state index in [1.165, 1.54) is 0 Å². The van der Waals surface area contributed by atoms with Crippen LogP contribution in [0.4, 0.5) is 0 Å². The second-order valence-corrected chi connectivity index (χ2v) is 7.55. The van der Waals surface area contributed by atoms with Gasteiger partial charge in [0, 0.05) is 28.3 Å². The van der Waals surface area contributed by atoms with Gasteiger partial charge in [0.1, 0.15) is 0 Å². The fourth-order valence-electron chi connectivity index (χ4n) is 4.57. The molecule has 0 saturated carbocycles. The van der Waals surface area contributed by atoms with Gasteiger partial charge in [-0.1, -0.05) is 61.7 Å². The van der Waals surface area contributed by atoms with E-state index < -0.39 is 0 Å². The van der Waals surface area contributed by atoms with Gasteiger partial charge < -0.3 is 0 Å². The third-order valence-electron chi connectivity index (χ3n) is 5.87. The molecule has 3 aromatic carbocycles. The molecule has 0 aliphatic heterocycles. The van der Waals surface area contributed by atoms with Gasteiger partial charge in [0.25, 0.3) is 0 Å². The molecule has 0 saturated heterocycles. The molecule has 2 aliphatic rings. The SMILES string of the molecule is C=C1CC(=C)c2nc3c(nc21)-c1ccc(C#N)c2c(-c4ccccc4)ccc-3c12. The lowest BCUT2D eigenvalue weighted by atomic mass is 9.92. The Morgan fingerprint density at radius 1 is 0.690 bits per heavy atom. The summed E-state index contributed by atoms with van der Waals surface area (Å²) in [5.74, 6) is 0. The van der Waals surface area contributed by atoms with Crippen LogP contribution in [-0.2, 0) is 0 Å². The summed E-state index contributed by atoms with van der Waals surface area (Å²) in [6.45, 7) is 8.29. The van der Waals surface area contributed by atoms with Crippen LogP contribution < -0.4 is 0 Å². The van der Waals surface area contributed by atoms with Gasteiger partial charge in [-0.25, -0.2) is 9.97 Å². The first kappa shape index (κ1) is 16.0. The number of hydrogen-bond acceptors (Lipinski definition) is 3. The highest BCUT2D eigenvalue weighted by molar-refractivity contribution is 6.19. The molecule has 4 aromatic rings. The molecule has 0 spiro atoms. The highest BCUT2D eigenvalue weighted by Crippen LogP contribution is 2.50. The summed E-state index contributed by atoms with van der Waals surface area (Å²) in [5, 5.41) is 11.8. The highest BCUT2D eigenvalue weighted by atomic mass is 14.9. The number of nitrogens with zero attached hydrogens (tertiary/aromatic N) is 3. The number of allylic oxidation sites excluding steroid dienone is 2. The van der Waals surface area contributed by atoms with Gasteiger partial charge in [0.05, 0.1) is 34.4 Å². The summed E-state index contributed by atoms with van der Waals surface area (Å²) in [6.07, 6.45) is 0.723. The average Bonchev–Trinajstić information content (AvgIpc) is 3.22. The lowest BCUT2D eigenvalue weighted by Crippen LogP contribution is -1.95. The summed E-state index contributed by atoms with van der Waals surface area (Å²) in [7, 11) is 0. The van der Waals surface area contributed by atoms with E-state index in [4.69, 9.17) is 9.97 Å². The normalized spacial score (nSPS) is 13.5. The molecule has 3 nitrogen and oxygen atoms in total. The van der Waals surface area contributed by atoms with Crippen molar-refractivity contribution in [2.75, 3.05) is 0 Å². The van der Waals surface area contributed by atoms with E-state index in [2.05, 4.69) is 43.5 Å². The van der Waals surface area contributed by atoms with Gasteiger partial charge >= 0.3 is 0 Å². The van der Waals surface area contributed by atoms with Crippen molar-refractivity contribution in [2.45, 2.75) is 6.42 Å². The Morgan fingerprint density at radius 3 is 1.90 bits per heavy atom. The molecule has 0 bridgehead atoms. The van der Waals surface area contributed by atoms with Crippen LogP contribution >= 0.6 is 0 Å². The molecule has 6 rings (SSSR count). The maximum Gasteiger partial charge on any atom is 0.0998 e. The summed E-state index contributed by atoms with van der Waals surface area (Å²) in [6, 6.07) is 20.7. The van der Waals surface area contributed by atoms with E-state index in [-0.39, 0.29) is 0 Å². The number of benzene rings is 3. The van der Waals surface area contributed by atoms with Crippen molar-refractivity contribution in [2.24, 2.45) is 0 Å². The molecule has 2 aliphatic carbocycles. The summed E-state index contributed by atoms with van der Waals surface area (Å²) in [4.78, 5) is 9.91. The highest BCUT2D eigenvalue weighted by Gasteiger charge is 2.31. The molecular formula is C26H15N3. The molecule has 0 atom stereocenters. The van der Waals surface area contributed by atoms with Crippen molar-refractivity contribution in [1.82, 2.24) is 9.97 Å². The number of nitriles is 1. The molecule has 134 valence electrons. The van der Waals surface area contributed by atoms with E-state index >= 15 is 0 Å². The molecule has 0 fully saturated rings. The van der Waals surface area contributed by atoms with E-state index in [9.17, 15) is 5.26 Å². The van der Waals surface area contributed by atoms with Gasteiger partial charge in [0.2, 0.25) is 0 Å². The van der Waals surface area contributed by atoms with Crippen LogP contribution in [0, 0.1) is 11.3 Å². The number of aromatic nitrogens is 2. The minimum absolute atomic E-state index is 0.665. The molecule has 0 radical (unpaired) electrons. The number of rotatable bonds is 1. The largest absolute Gasteiger partial charge is 0.244 e. The van der Waals surface area contributed by atoms with Crippen molar-refractivity contribution in [3.05, 3.63) is 84.7 Å². The topological polar surface area (TPSA) is 49.6 Å². The number of hydrogen-bond donors (Lipinski definition) is 0. The smallest absolute Gasteiger partial charge is 0.0998 e. The standard InChI is InChI=1S/C26H15N3/c1-14-12-15(2)24-23(14)28-25-19-9-8-17(13-27)21-18(16-6-4-3-5-7-16)10-11-20(22(19)21)26(25)29-24/h3-11H,1-2,12H2. The van der Waals surface area contributed by atoms with E-state index in [1.54, 1.807) is 0 Å². The summed E-state index contributed by atoms with van der Waals surface area (Å²) >= 11 is 0. The second-order valence-electron chi connectivity index (χ2n) is 7.55. The maximum absolute atomic E-state index is 9.83. The average molecular weight is 369 g/mol. The van der Waals surface area contributed by atoms with Gasteiger partial charge in [-0.3, -0.25) is 0 Å². The van der Waals surface area contributed by atoms with Crippen LogP contribution in [0.1, 0.15) is 23.4 Å². The predicted molar refractivity (Wildman–Crippen MR) is 117 cm³/mol. The molecule has 1 aromatic heterocycles. The molecule has 0 unspecified atom stereocenters. The van der Waals surface area contributed by atoms with Crippen molar-refractivity contribution in [1.29, 1.82) is 5.26 Å². The quantitative estimate of drug-likeness (QED) is 0.351. The van der Waals surface area contributed by atoms with Crippen LogP contribution in [0.15, 0.2) is 67.8 Å². The third kappa shape index (κ3) is 2.00. The first-order valence-corrected chi connectivity index (χ1v) is 9.51. The lowest BCUT2D eigenvalue weighted by molar-refractivity contribution is 1.18. The zero-order chi connectivity index (χ0) is 19.7. The first-order valence-electron chi connectivity index (χ1n) is 9.51. The summed E-state index contributed by atoms with van der Waals surface area (Å²) in [5.41, 5.74) is 10.2. The molecule has 0 amide bonds. The fraction of sp³-hybridized carbons (Fsp3) is 0.0385. The molecule has 3 heteroatoms. The lowest BCUT2D eigenvalue weighted by Gasteiger charge is -2.10. The van der Waals surface area contributed by atoms with Crippen LogP contribution in [0.5, 0.6) is 0 Å². The van der Waals surface area contributed by atoms with Gasteiger partial charge in [-0.05, 0) is 28.3 Å². The van der Waals surface area contributed by atoms with E-state index in [0.717, 1.165) is 73.4 Å². The minimum Gasteiger partial charge on any atom is -0.244 e. The van der Waals surface area contributed by atoms with Gasteiger partial charge in [0.15, 0.2) is 0 Å². The van der Waals surface area contributed by atoms with Crippen molar-refractivity contribution >= 4 is 21.9 Å². The van der Waals surface area contributed by atoms with Crippen LogP contribution in [0.25, 0.3) is 55.6 Å². The number of fused-ring (bicyclic) bond motifs is 4. The molecule has 1 heterocycles. The van der Waals surface area contributed by atoms with Crippen LogP contribution in [0.2, 0.25) is 0 Å². The minimum atomic E-state index is 0.665. The molecular weight excluding hydrogens is 354 g/mol. The molecule has 29 heavy (non-hydrogen) atoms. The van der Waals surface area contributed by atoms with Crippen LogP contribution in [0.3, 0.4) is 0 Å². The zero-order valence-electron chi connectivity index (χ0n) is 15.7. The van der Waals surface area contributed by atoms with E-state index in [1.807, 2.05) is 30.3 Å².